The number of nitrogen functional groups attached to an aromatic ring is 1. The number of aliphatic hydroxyl groups excluding tert-OH is 1. The summed E-state index contributed by atoms with van der Waals surface area (Å²) in [5.41, 5.74) is 4.39. The van der Waals surface area contributed by atoms with Crippen molar-refractivity contribution in [2.24, 2.45) is 5.92 Å². The number of aromatic nitrogens is 2. The minimum absolute atomic E-state index is 0.0607. The van der Waals surface area contributed by atoms with E-state index < -0.39 is 30.0 Å². The van der Waals surface area contributed by atoms with Gasteiger partial charge in [-0.05, 0) is 24.8 Å². The van der Waals surface area contributed by atoms with Gasteiger partial charge in [-0.15, -0.1) is 0 Å². The molecule has 0 radical (unpaired) electrons. The number of ether oxygens (including phenoxy) is 1. The molecule has 6 nitrogen and oxygen atoms in total. The van der Waals surface area contributed by atoms with Crippen LogP contribution in [-0.2, 0) is 4.74 Å². The van der Waals surface area contributed by atoms with E-state index in [0.29, 0.717) is 23.3 Å². The molecule has 0 bridgehead atoms. The second kappa shape index (κ2) is 5.69. The van der Waals surface area contributed by atoms with Gasteiger partial charge < -0.3 is 15.6 Å². The van der Waals surface area contributed by atoms with Crippen molar-refractivity contribution < 1.29 is 18.6 Å². The number of aliphatic hydroxyl groups is 1. The number of rotatable bonds is 4. The van der Waals surface area contributed by atoms with Crippen LogP contribution in [0.1, 0.15) is 32.9 Å². The van der Waals surface area contributed by atoms with E-state index in [1.807, 2.05) is 13.8 Å². The summed E-state index contributed by atoms with van der Waals surface area (Å²) in [6, 6.07) is 1.23. The van der Waals surface area contributed by atoms with Crippen LogP contribution in [0.3, 0.4) is 0 Å². The summed E-state index contributed by atoms with van der Waals surface area (Å²) < 4.78 is 34.2. The molecule has 21 heavy (non-hydrogen) atoms. The van der Waals surface area contributed by atoms with Gasteiger partial charge in [-0.3, -0.25) is 4.57 Å². The summed E-state index contributed by atoms with van der Waals surface area (Å²) in [6.07, 6.45) is -2.81. The number of anilines is 1. The van der Waals surface area contributed by atoms with E-state index in [1.54, 1.807) is 0 Å². The first-order valence-electron chi connectivity index (χ1n) is 6.79. The summed E-state index contributed by atoms with van der Waals surface area (Å²) in [5, 5.41) is 9.77. The van der Waals surface area contributed by atoms with Crippen LogP contribution in [0, 0.1) is 5.92 Å². The average molecular weight is 303 g/mol. The number of alkyl halides is 2. The highest BCUT2D eigenvalue weighted by molar-refractivity contribution is 5.23. The molecule has 0 spiro atoms. The summed E-state index contributed by atoms with van der Waals surface area (Å²) in [6.45, 7) is 3.90. The third kappa shape index (κ3) is 3.06. The van der Waals surface area contributed by atoms with Gasteiger partial charge in [0.05, 0.1) is 6.10 Å². The van der Waals surface area contributed by atoms with Crippen LogP contribution in [0.2, 0.25) is 0 Å². The molecule has 1 fully saturated rings. The fourth-order valence-electron chi connectivity index (χ4n) is 2.30. The normalized spacial score (nSPS) is 28.2. The molecule has 118 valence electrons. The second-order valence-electron chi connectivity index (χ2n) is 5.66. The minimum atomic E-state index is -3.57. The summed E-state index contributed by atoms with van der Waals surface area (Å²) in [7, 11) is 0. The van der Waals surface area contributed by atoms with Crippen molar-refractivity contribution in [1.82, 2.24) is 9.55 Å². The van der Waals surface area contributed by atoms with Crippen LogP contribution in [0.5, 0.6) is 0 Å². The molecule has 2 unspecified atom stereocenters. The van der Waals surface area contributed by atoms with Crippen molar-refractivity contribution in [3.05, 3.63) is 22.7 Å². The molecule has 3 atom stereocenters. The molecule has 1 aromatic heterocycles. The third-order valence-corrected chi connectivity index (χ3v) is 3.51. The van der Waals surface area contributed by atoms with Crippen molar-refractivity contribution in [3.8, 4) is 0 Å². The Kier molecular flexibility index (Phi) is 4.29. The lowest BCUT2D eigenvalue weighted by molar-refractivity contribution is -0.140. The van der Waals surface area contributed by atoms with Gasteiger partial charge in [0.2, 0.25) is 6.23 Å². The van der Waals surface area contributed by atoms with Gasteiger partial charge >= 0.3 is 11.6 Å². The Labute approximate surface area is 120 Å². The largest absolute Gasteiger partial charge is 0.384 e. The van der Waals surface area contributed by atoms with Crippen LogP contribution in [0.25, 0.3) is 0 Å². The molecular weight excluding hydrogens is 284 g/mol. The molecule has 1 aliphatic heterocycles. The van der Waals surface area contributed by atoms with Gasteiger partial charge in [-0.2, -0.15) is 13.8 Å². The van der Waals surface area contributed by atoms with Gasteiger partial charge in [0.15, 0.2) is 0 Å². The maximum atomic E-state index is 14.1. The Balaban J connectivity index is 2.25. The molecule has 0 saturated carbocycles. The van der Waals surface area contributed by atoms with Crippen molar-refractivity contribution >= 4 is 5.82 Å². The minimum Gasteiger partial charge on any atom is -0.384 e. The van der Waals surface area contributed by atoms with Crippen LogP contribution < -0.4 is 11.4 Å². The standard InChI is InChI=1S/C13H19F2N3O3/c1-7(2)3-4-8-10(19)13(14,15)11(21-8)18-6-5-9(16)17-12(18)20/h5-8,10-11,19H,3-4H2,1-2H3,(H2,16,17,20)/t8-,10?,11?/m1/s1. The first-order chi connectivity index (χ1) is 9.73. The summed E-state index contributed by atoms with van der Waals surface area (Å²) in [4.78, 5) is 15.1. The monoisotopic (exact) mass is 303 g/mol. The van der Waals surface area contributed by atoms with Crippen LogP contribution in [0.4, 0.5) is 14.6 Å². The first kappa shape index (κ1) is 15.8. The molecule has 8 heteroatoms. The SMILES string of the molecule is CC(C)CC[C@H]1OC(n2ccc(N)nc2=O)C(F)(F)C1O. The summed E-state index contributed by atoms with van der Waals surface area (Å²) >= 11 is 0. The van der Waals surface area contributed by atoms with Crippen molar-refractivity contribution in [3.63, 3.8) is 0 Å². The molecule has 3 N–H and O–H groups in total. The Morgan fingerprint density at radius 3 is 2.81 bits per heavy atom. The van der Waals surface area contributed by atoms with Gasteiger partial charge in [-0.25, -0.2) is 4.79 Å². The van der Waals surface area contributed by atoms with E-state index in [2.05, 4.69) is 4.98 Å². The maximum absolute atomic E-state index is 14.1. The quantitative estimate of drug-likeness (QED) is 0.871. The second-order valence-corrected chi connectivity index (χ2v) is 5.66. The lowest BCUT2D eigenvalue weighted by atomic mass is 10.0. The van der Waals surface area contributed by atoms with Crippen molar-refractivity contribution in [1.29, 1.82) is 0 Å². The number of hydrogen-bond acceptors (Lipinski definition) is 5. The van der Waals surface area contributed by atoms with Crippen LogP contribution >= 0.6 is 0 Å². The lowest BCUT2D eigenvalue weighted by Gasteiger charge is -2.20. The van der Waals surface area contributed by atoms with E-state index in [0.717, 1.165) is 6.20 Å². The van der Waals surface area contributed by atoms with E-state index in [1.165, 1.54) is 6.07 Å². The smallest absolute Gasteiger partial charge is 0.351 e. The van der Waals surface area contributed by atoms with Gasteiger partial charge in [-0.1, -0.05) is 13.8 Å². The number of halogens is 2. The van der Waals surface area contributed by atoms with Crippen LogP contribution in [0.15, 0.2) is 17.1 Å². The van der Waals surface area contributed by atoms with Gasteiger partial charge in [0.25, 0.3) is 0 Å². The highest BCUT2D eigenvalue weighted by Gasteiger charge is 2.59. The zero-order valence-corrected chi connectivity index (χ0v) is 11.9. The average Bonchev–Trinajstić information content (AvgIpc) is 2.60. The Morgan fingerprint density at radius 2 is 2.24 bits per heavy atom. The molecule has 2 rings (SSSR count). The molecule has 1 aromatic rings. The number of nitrogens with two attached hydrogens (primary N) is 1. The van der Waals surface area contributed by atoms with E-state index in [9.17, 15) is 18.7 Å². The molecule has 0 amide bonds. The van der Waals surface area contributed by atoms with Crippen LogP contribution in [-0.4, -0.2) is 32.8 Å². The van der Waals surface area contributed by atoms with E-state index in [-0.39, 0.29) is 5.82 Å². The predicted molar refractivity (Wildman–Crippen MR) is 71.8 cm³/mol. The molecule has 0 aromatic carbocycles. The zero-order chi connectivity index (χ0) is 15.8. The van der Waals surface area contributed by atoms with E-state index in [4.69, 9.17) is 10.5 Å². The van der Waals surface area contributed by atoms with Crippen molar-refractivity contribution in [2.75, 3.05) is 5.73 Å². The Hall–Kier alpha value is -1.54. The fourth-order valence-corrected chi connectivity index (χ4v) is 2.30. The Bertz CT molecular complexity index is 562. The first-order valence-corrected chi connectivity index (χ1v) is 6.79. The zero-order valence-electron chi connectivity index (χ0n) is 11.9. The van der Waals surface area contributed by atoms with E-state index >= 15 is 0 Å². The van der Waals surface area contributed by atoms with Crippen molar-refractivity contribution in [2.45, 2.75) is 51.0 Å². The van der Waals surface area contributed by atoms with Gasteiger partial charge in [0.1, 0.15) is 11.9 Å². The summed E-state index contributed by atoms with van der Waals surface area (Å²) in [5.74, 6) is -3.33. The molecule has 1 aliphatic rings. The lowest BCUT2D eigenvalue weighted by Crippen LogP contribution is -2.41. The predicted octanol–water partition coefficient (Wildman–Crippen LogP) is 1.16. The third-order valence-electron chi connectivity index (χ3n) is 3.51. The number of nitrogens with zero attached hydrogens (tertiary/aromatic N) is 2. The topological polar surface area (TPSA) is 90.4 Å². The maximum Gasteiger partial charge on any atom is 0.351 e. The molecule has 0 aliphatic carbocycles. The molecule has 2 heterocycles. The number of hydrogen-bond donors (Lipinski definition) is 2. The Morgan fingerprint density at radius 1 is 1.57 bits per heavy atom. The molecular formula is C13H19F2N3O3. The van der Waals surface area contributed by atoms with Gasteiger partial charge in [0, 0.05) is 6.20 Å². The molecule has 1 saturated heterocycles. The highest BCUT2D eigenvalue weighted by atomic mass is 19.3. The fraction of sp³-hybridized carbons (Fsp3) is 0.692. The highest BCUT2D eigenvalue weighted by Crippen LogP contribution is 2.43.